The minimum atomic E-state index is -0.166. The van der Waals surface area contributed by atoms with Gasteiger partial charge in [-0.3, -0.25) is 4.79 Å². The summed E-state index contributed by atoms with van der Waals surface area (Å²) in [4.78, 5) is 14.3. The van der Waals surface area contributed by atoms with Gasteiger partial charge in [0.05, 0.1) is 0 Å². The fourth-order valence-corrected chi connectivity index (χ4v) is 2.22. The molecule has 1 aromatic heterocycles. The van der Waals surface area contributed by atoms with Gasteiger partial charge in [0.2, 0.25) is 11.8 Å². The van der Waals surface area contributed by atoms with E-state index in [2.05, 4.69) is 15.5 Å². The Labute approximate surface area is 140 Å². The lowest BCUT2D eigenvalue weighted by atomic mass is 10.1. The van der Waals surface area contributed by atoms with Gasteiger partial charge in [0.25, 0.3) is 5.91 Å². The first-order chi connectivity index (χ1) is 11.5. The number of carbonyl (C=O) groups excluding carboxylic acids is 1. The van der Waals surface area contributed by atoms with E-state index in [1.54, 1.807) is 31.2 Å². The Morgan fingerprint density at radius 1 is 1.00 bits per heavy atom. The van der Waals surface area contributed by atoms with E-state index in [-0.39, 0.29) is 5.91 Å². The van der Waals surface area contributed by atoms with Crippen LogP contribution >= 0.6 is 0 Å². The van der Waals surface area contributed by atoms with Gasteiger partial charge in [-0.05, 0) is 48.5 Å². The van der Waals surface area contributed by atoms with Crippen molar-refractivity contribution < 1.29 is 9.21 Å². The van der Waals surface area contributed by atoms with Crippen LogP contribution in [0.25, 0.3) is 11.5 Å². The Hall–Kier alpha value is -3.15. The lowest BCUT2D eigenvalue weighted by Gasteiger charge is -2.13. The zero-order valence-corrected chi connectivity index (χ0v) is 13.8. The molecule has 24 heavy (non-hydrogen) atoms. The molecule has 2 aromatic carbocycles. The fourth-order valence-electron chi connectivity index (χ4n) is 2.22. The van der Waals surface area contributed by atoms with Crippen molar-refractivity contribution in [2.45, 2.75) is 6.92 Å². The van der Waals surface area contributed by atoms with E-state index in [1.165, 1.54) is 0 Å². The summed E-state index contributed by atoms with van der Waals surface area (Å²) in [7, 11) is 3.94. The van der Waals surface area contributed by atoms with E-state index in [4.69, 9.17) is 4.42 Å². The third-order valence-corrected chi connectivity index (χ3v) is 3.56. The summed E-state index contributed by atoms with van der Waals surface area (Å²) in [5.74, 6) is 0.785. The number of nitrogens with one attached hydrogen (secondary N) is 1. The van der Waals surface area contributed by atoms with Crippen molar-refractivity contribution in [1.82, 2.24) is 10.2 Å². The first-order valence-corrected chi connectivity index (χ1v) is 7.52. The van der Waals surface area contributed by atoms with E-state index in [9.17, 15) is 4.79 Å². The van der Waals surface area contributed by atoms with E-state index in [1.807, 2.05) is 43.3 Å². The van der Waals surface area contributed by atoms with E-state index in [0.29, 0.717) is 17.3 Å². The number of benzene rings is 2. The smallest absolute Gasteiger partial charge is 0.255 e. The molecule has 0 radical (unpaired) electrons. The van der Waals surface area contributed by atoms with Gasteiger partial charge in [0.15, 0.2) is 0 Å². The minimum absolute atomic E-state index is 0.166. The molecule has 6 nitrogen and oxygen atoms in total. The Morgan fingerprint density at radius 3 is 2.21 bits per heavy atom. The maximum absolute atomic E-state index is 12.3. The maximum Gasteiger partial charge on any atom is 0.255 e. The summed E-state index contributed by atoms with van der Waals surface area (Å²) in [6, 6.07) is 14.7. The number of hydrogen-bond acceptors (Lipinski definition) is 5. The summed E-state index contributed by atoms with van der Waals surface area (Å²) in [6.45, 7) is 1.74. The van der Waals surface area contributed by atoms with Crippen LogP contribution in [0.4, 0.5) is 11.4 Å². The van der Waals surface area contributed by atoms with Crippen LogP contribution in [0.3, 0.4) is 0 Å². The van der Waals surface area contributed by atoms with Crippen LogP contribution < -0.4 is 10.2 Å². The van der Waals surface area contributed by atoms with E-state index < -0.39 is 0 Å². The van der Waals surface area contributed by atoms with Crippen LogP contribution in [0.5, 0.6) is 0 Å². The van der Waals surface area contributed by atoms with Crippen molar-refractivity contribution in [3.8, 4) is 11.5 Å². The fraction of sp³-hybridized carbons (Fsp3) is 0.167. The van der Waals surface area contributed by atoms with Crippen LogP contribution in [-0.2, 0) is 0 Å². The lowest BCUT2D eigenvalue weighted by Crippen LogP contribution is -2.12. The van der Waals surface area contributed by atoms with Gasteiger partial charge in [-0.2, -0.15) is 0 Å². The molecular weight excluding hydrogens is 304 g/mol. The molecule has 6 heteroatoms. The molecule has 1 heterocycles. The normalized spacial score (nSPS) is 10.5. The average Bonchev–Trinajstić information content (AvgIpc) is 3.02. The van der Waals surface area contributed by atoms with Crippen LogP contribution in [-0.4, -0.2) is 30.2 Å². The molecule has 0 spiro atoms. The topological polar surface area (TPSA) is 71.3 Å². The highest BCUT2D eigenvalue weighted by molar-refractivity contribution is 6.04. The molecular formula is C18H18N4O2. The quantitative estimate of drug-likeness (QED) is 0.797. The van der Waals surface area contributed by atoms with Crippen LogP contribution in [0.2, 0.25) is 0 Å². The monoisotopic (exact) mass is 322 g/mol. The second-order valence-electron chi connectivity index (χ2n) is 5.60. The molecule has 0 aliphatic rings. The number of amides is 1. The number of rotatable bonds is 4. The molecule has 0 aliphatic heterocycles. The molecule has 0 saturated carbocycles. The van der Waals surface area contributed by atoms with Gasteiger partial charge in [-0.15, -0.1) is 10.2 Å². The molecule has 0 saturated heterocycles. The second kappa shape index (κ2) is 6.54. The van der Waals surface area contributed by atoms with E-state index >= 15 is 0 Å². The van der Waals surface area contributed by atoms with E-state index in [0.717, 1.165) is 16.9 Å². The largest absolute Gasteiger partial charge is 0.421 e. The third-order valence-electron chi connectivity index (χ3n) is 3.56. The van der Waals surface area contributed by atoms with Crippen molar-refractivity contribution >= 4 is 17.3 Å². The van der Waals surface area contributed by atoms with Crippen LogP contribution in [0.15, 0.2) is 52.9 Å². The number of anilines is 2. The number of nitrogens with zero attached hydrogens (tertiary/aromatic N) is 3. The summed E-state index contributed by atoms with van der Waals surface area (Å²) in [5.41, 5.74) is 3.17. The maximum atomic E-state index is 12.3. The number of carbonyl (C=O) groups is 1. The molecule has 3 aromatic rings. The first kappa shape index (κ1) is 15.7. The molecule has 0 aliphatic carbocycles. The molecule has 3 rings (SSSR count). The summed E-state index contributed by atoms with van der Waals surface area (Å²) in [5, 5.41) is 10.6. The van der Waals surface area contributed by atoms with Crippen molar-refractivity contribution in [2.75, 3.05) is 24.3 Å². The SMILES string of the molecule is Cc1nnc(-c2ccc(C(=O)Nc3ccc(N(C)C)cc3)cc2)o1. The summed E-state index contributed by atoms with van der Waals surface area (Å²) in [6.07, 6.45) is 0. The Balaban J connectivity index is 1.71. The predicted molar refractivity (Wildman–Crippen MR) is 93.2 cm³/mol. The van der Waals surface area contributed by atoms with Crippen LogP contribution in [0.1, 0.15) is 16.2 Å². The van der Waals surface area contributed by atoms with Gasteiger partial charge in [0, 0.05) is 43.5 Å². The Kier molecular flexibility index (Phi) is 4.29. The highest BCUT2D eigenvalue weighted by Gasteiger charge is 2.09. The highest BCUT2D eigenvalue weighted by Crippen LogP contribution is 2.20. The molecule has 0 fully saturated rings. The number of hydrogen-bond donors (Lipinski definition) is 1. The number of aromatic nitrogens is 2. The van der Waals surface area contributed by atoms with Crippen molar-refractivity contribution in [3.63, 3.8) is 0 Å². The Morgan fingerprint density at radius 2 is 1.67 bits per heavy atom. The van der Waals surface area contributed by atoms with Gasteiger partial charge >= 0.3 is 0 Å². The predicted octanol–water partition coefficient (Wildman–Crippen LogP) is 3.36. The molecule has 122 valence electrons. The van der Waals surface area contributed by atoms with Gasteiger partial charge in [-0.1, -0.05) is 0 Å². The zero-order valence-electron chi connectivity index (χ0n) is 13.8. The molecule has 0 bridgehead atoms. The minimum Gasteiger partial charge on any atom is -0.421 e. The average molecular weight is 322 g/mol. The second-order valence-corrected chi connectivity index (χ2v) is 5.60. The third kappa shape index (κ3) is 3.43. The van der Waals surface area contributed by atoms with Crippen molar-refractivity contribution in [1.29, 1.82) is 0 Å². The molecule has 1 N–H and O–H groups in total. The lowest BCUT2D eigenvalue weighted by molar-refractivity contribution is 0.102. The zero-order chi connectivity index (χ0) is 17.1. The van der Waals surface area contributed by atoms with Gasteiger partial charge in [-0.25, -0.2) is 0 Å². The summed E-state index contributed by atoms with van der Waals surface area (Å²) >= 11 is 0. The first-order valence-electron chi connectivity index (χ1n) is 7.52. The molecule has 1 amide bonds. The summed E-state index contributed by atoms with van der Waals surface area (Å²) < 4.78 is 5.37. The Bertz CT molecular complexity index is 836. The number of aryl methyl sites for hydroxylation is 1. The molecule has 0 unspecified atom stereocenters. The highest BCUT2D eigenvalue weighted by atomic mass is 16.4. The van der Waals surface area contributed by atoms with Gasteiger partial charge in [0.1, 0.15) is 0 Å². The van der Waals surface area contributed by atoms with Gasteiger partial charge < -0.3 is 14.6 Å². The molecule has 0 atom stereocenters. The van der Waals surface area contributed by atoms with Crippen molar-refractivity contribution in [2.24, 2.45) is 0 Å². The standard InChI is InChI=1S/C18H18N4O2/c1-12-20-21-18(24-12)14-6-4-13(5-7-14)17(23)19-15-8-10-16(11-9-15)22(2)3/h4-11H,1-3H3,(H,19,23). The van der Waals surface area contributed by atoms with Crippen molar-refractivity contribution in [3.05, 3.63) is 60.0 Å². The van der Waals surface area contributed by atoms with Crippen LogP contribution in [0, 0.1) is 6.92 Å².